The van der Waals surface area contributed by atoms with Gasteiger partial charge in [0.2, 0.25) is 0 Å². The van der Waals surface area contributed by atoms with Gasteiger partial charge in [-0.05, 0) is 50.2 Å². The van der Waals surface area contributed by atoms with Crippen LogP contribution in [0.1, 0.15) is 58.0 Å². The molecule has 4 rings (SSSR count). The van der Waals surface area contributed by atoms with E-state index in [1.165, 1.54) is 0 Å². The van der Waals surface area contributed by atoms with Gasteiger partial charge in [-0.3, -0.25) is 10.2 Å². The van der Waals surface area contributed by atoms with Crippen LogP contribution in [0.3, 0.4) is 0 Å². The molecule has 1 saturated carbocycles. The maximum atomic E-state index is 12.9. The summed E-state index contributed by atoms with van der Waals surface area (Å²) in [6.07, 6.45) is 6.02. The molecule has 28 heavy (non-hydrogen) atoms. The van der Waals surface area contributed by atoms with Crippen molar-refractivity contribution in [2.75, 3.05) is 0 Å². The fourth-order valence-corrected chi connectivity index (χ4v) is 4.52. The molecule has 9 heteroatoms. The number of rotatable bonds is 3. The molecule has 0 spiro atoms. The van der Waals surface area contributed by atoms with Gasteiger partial charge in [0.15, 0.2) is 0 Å². The van der Waals surface area contributed by atoms with Crippen molar-refractivity contribution < 1.29 is 9.32 Å². The highest BCUT2D eigenvalue weighted by molar-refractivity contribution is 6.30. The lowest BCUT2D eigenvalue weighted by Crippen LogP contribution is -2.44. The van der Waals surface area contributed by atoms with Crippen molar-refractivity contribution in [1.82, 2.24) is 26.3 Å². The number of pyridine rings is 1. The second-order valence-corrected chi connectivity index (χ2v) is 7.82. The lowest BCUT2D eigenvalue weighted by atomic mass is 9.78. The van der Waals surface area contributed by atoms with E-state index in [0.29, 0.717) is 28.7 Å². The monoisotopic (exact) mass is 400 g/mol. The van der Waals surface area contributed by atoms with E-state index in [0.717, 1.165) is 24.8 Å². The fourth-order valence-electron chi connectivity index (χ4n) is 4.25. The zero-order valence-corrected chi connectivity index (χ0v) is 16.4. The quantitative estimate of drug-likeness (QED) is 0.677. The molecular weight excluding hydrogens is 380 g/mol. The Morgan fingerprint density at radius 1 is 1.36 bits per heavy atom. The summed E-state index contributed by atoms with van der Waals surface area (Å²) >= 11 is 6.10. The number of nitriles is 1. The summed E-state index contributed by atoms with van der Waals surface area (Å²) < 4.78 is 4.98. The van der Waals surface area contributed by atoms with Crippen LogP contribution in [0.2, 0.25) is 5.15 Å². The molecule has 1 saturated heterocycles. The van der Waals surface area contributed by atoms with Crippen molar-refractivity contribution in [3.8, 4) is 6.07 Å². The van der Waals surface area contributed by atoms with E-state index >= 15 is 0 Å². The Bertz CT molecular complexity index is 939. The number of hydrogen-bond acceptors (Lipinski definition) is 7. The highest BCUT2D eigenvalue weighted by Gasteiger charge is 2.42. The van der Waals surface area contributed by atoms with Crippen LogP contribution in [-0.4, -0.2) is 28.1 Å². The molecule has 0 bridgehead atoms. The zero-order valence-electron chi connectivity index (χ0n) is 15.6. The van der Waals surface area contributed by atoms with Gasteiger partial charge in [0.05, 0.1) is 17.8 Å². The van der Waals surface area contributed by atoms with Gasteiger partial charge in [-0.15, -0.1) is 0 Å². The number of hydrogen-bond donors (Lipinski definition) is 3. The molecule has 3 heterocycles. The summed E-state index contributed by atoms with van der Waals surface area (Å²) in [5.41, 5.74) is 9.63. The van der Waals surface area contributed by atoms with Gasteiger partial charge in [0.1, 0.15) is 23.2 Å². The Kier molecular flexibility index (Phi) is 5.06. The highest BCUT2D eigenvalue weighted by atomic mass is 35.5. The Morgan fingerprint density at radius 3 is 2.89 bits per heavy atom. The van der Waals surface area contributed by atoms with Crippen LogP contribution in [-0.2, 0) is 0 Å². The number of fused-ring (bicyclic) bond motifs is 1. The third-order valence-corrected chi connectivity index (χ3v) is 6.21. The first kappa shape index (κ1) is 18.9. The van der Waals surface area contributed by atoms with Crippen LogP contribution < -0.4 is 16.2 Å². The van der Waals surface area contributed by atoms with E-state index < -0.39 is 0 Å². The molecule has 2 aromatic rings. The largest absolute Gasteiger partial charge is 0.364 e. The van der Waals surface area contributed by atoms with Crippen molar-refractivity contribution in [2.24, 2.45) is 5.92 Å². The molecular formula is C19H21ClN6O2. The standard InChI is InChI=1S/C19H21ClN6O2/c1-9-10(2)16(24-18(20)14(9)6-21)19(27)23-12-3-4-15-13(5-12)17(26-25-15)11-7-22-28-8-11/h7-8,12-13,15,17,25-26H,3-5H2,1-2H3,(H,23,27). The minimum Gasteiger partial charge on any atom is -0.364 e. The van der Waals surface area contributed by atoms with Crippen LogP contribution >= 0.6 is 11.6 Å². The van der Waals surface area contributed by atoms with Crippen molar-refractivity contribution >= 4 is 17.5 Å². The van der Waals surface area contributed by atoms with Crippen LogP contribution in [0.25, 0.3) is 0 Å². The first-order chi connectivity index (χ1) is 13.5. The van der Waals surface area contributed by atoms with Gasteiger partial charge >= 0.3 is 0 Å². The highest BCUT2D eigenvalue weighted by Crippen LogP contribution is 2.38. The molecule has 1 aliphatic heterocycles. The predicted octanol–water partition coefficient (Wildman–Crippen LogP) is 2.33. The SMILES string of the molecule is Cc1c(C(=O)NC2CCC3NNC(c4cnoc4)C3C2)nc(Cl)c(C#N)c1C. The van der Waals surface area contributed by atoms with E-state index in [1.807, 2.05) is 6.07 Å². The number of aromatic nitrogens is 2. The Labute approximate surface area is 167 Å². The first-order valence-corrected chi connectivity index (χ1v) is 9.65. The fraction of sp³-hybridized carbons (Fsp3) is 0.474. The second-order valence-electron chi connectivity index (χ2n) is 7.47. The molecule has 0 aromatic carbocycles. The smallest absolute Gasteiger partial charge is 0.270 e. The van der Waals surface area contributed by atoms with Crippen LogP contribution in [0.4, 0.5) is 0 Å². The molecule has 146 valence electrons. The van der Waals surface area contributed by atoms with Crippen LogP contribution in [0.5, 0.6) is 0 Å². The molecule has 2 aliphatic rings. The molecule has 8 nitrogen and oxygen atoms in total. The van der Waals surface area contributed by atoms with E-state index in [1.54, 1.807) is 26.3 Å². The molecule has 2 fully saturated rings. The topological polar surface area (TPSA) is 116 Å². The maximum absolute atomic E-state index is 12.9. The third kappa shape index (κ3) is 3.26. The summed E-state index contributed by atoms with van der Waals surface area (Å²) in [6.45, 7) is 3.57. The summed E-state index contributed by atoms with van der Waals surface area (Å²) in [4.78, 5) is 17.0. The van der Waals surface area contributed by atoms with Gasteiger partial charge in [0, 0.05) is 17.6 Å². The number of carbonyl (C=O) groups excluding carboxylic acids is 1. The first-order valence-electron chi connectivity index (χ1n) is 9.27. The Morgan fingerprint density at radius 2 is 2.18 bits per heavy atom. The minimum absolute atomic E-state index is 0.0359. The number of nitrogens with one attached hydrogen (secondary N) is 3. The Balaban J connectivity index is 1.49. The van der Waals surface area contributed by atoms with Gasteiger partial charge in [0.25, 0.3) is 5.91 Å². The van der Waals surface area contributed by atoms with Gasteiger partial charge in [-0.2, -0.15) is 5.26 Å². The van der Waals surface area contributed by atoms with E-state index in [-0.39, 0.29) is 28.8 Å². The van der Waals surface area contributed by atoms with Crippen LogP contribution in [0.15, 0.2) is 17.0 Å². The van der Waals surface area contributed by atoms with Crippen LogP contribution in [0, 0.1) is 31.1 Å². The molecule has 0 radical (unpaired) electrons. The summed E-state index contributed by atoms with van der Waals surface area (Å²) in [7, 11) is 0. The maximum Gasteiger partial charge on any atom is 0.270 e. The Hall–Kier alpha value is -2.47. The van der Waals surface area contributed by atoms with Crippen molar-refractivity contribution in [3.63, 3.8) is 0 Å². The molecule has 2 aromatic heterocycles. The lowest BCUT2D eigenvalue weighted by Gasteiger charge is -2.33. The number of carbonyl (C=O) groups is 1. The molecule has 1 amide bonds. The van der Waals surface area contributed by atoms with Gasteiger partial charge < -0.3 is 9.84 Å². The zero-order chi connectivity index (χ0) is 19.8. The minimum atomic E-state index is -0.254. The van der Waals surface area contributed by atoms with Gasteiger partial charge in [-0.25, -0.2) is 10.4 Å². The van der Waals surface area contributed by atoms with E-state index in [9.17, 15) is 10.1 Å². The predicted molar refractivity (Wildman–Crippen MR) is 101 cm³/mol. The summed E-state index contributed by atoms with van der Waals surface area (Å²) in [5.74, 6) is 0.0645. The molecule has 4 unspecified atom stereocenters. The van der Waals surface area contributed by atoms with E-state index in [2.05, 4.69) is 26.3 Å². The molecule has 3 N–H and O–H groups in total. The van der Waals surface area contributed by atoms with Crippen molar-refractivity contribution in [2.45, 2.75) is 51.2 Å². The number of halogens is 1. The van der Waals surface area contributed by atoms with Crippen molar-refractivity contribution in [1.29, 1.82) is 5.26 Å². The number of hydrazine groups is 1. The average molecular weight is 401 g/mol. The third-order valence-electron chi connectivity index (χ3n) is 5.93. The van der Waals surface area contributed by atoms with E-state index in [4.69, 9.17) is 16.1 Å². The number of nitrogens with zero attached hydrogens (tertiary/aromatic N) is 3. The average Bonchev–Trinajstić information content (AvgIpc) is 3.34. The number of amides is 1. The summed E-state index contributed by atoms with van der Waals surface area (Å²) in [5, 5.41) is 16.2. The van der Waals surface area contributed by atoms with Crippen molar-refractivity contribution in [3.05, 3.63) is 45.6 Å². The molecule has 1 aliphatic carbocycles. The normalized spacial score (nSPS) is 26.5. The second kappa shape index (κ2) is 7.51. The summed E-state index contributed by atoms with van der Waals surface area (Å²) in [6, 6.07) is 2.52. The lowest BCUT2D eigenvalue weighted by molar-refractivity contribution is 0.0909. The van der Waals surface area contributed by atoms with Gasteiger partial charge in [-0.1, -0.05) is 16.8 Å². The molecule has 4 atom stereocenters.